The van der Waals surface area contributed by atoms with Gasteiger partial charge in [-0.1, -0.05) is 24.3 Å². The monoisotopic (exact) mass is 327 g/mol. The summed E-state index contributed by atoms with van der Waals surface area (Å²) < 4.78 is 5.96. The molecule has 0 unspecified atom stereocenters. The first kappa shape index (κ1) is 16.3. The second-order valence-electron chi connectivity index (χ2n) is 5.97. The summed E-state index contributed by atoms with van der Waals surface area (Å²) in [5.41, 5.74) is 1.96. The molecule has 1 aliphatic rings. The lowest BCUT2D eigenvalue weighted by atomic mass is 10.2. The van der Waals surface area contributed by atoms with Crippen LogP contribution in [0.5, 0.6) is 5.75 Å². The zero-order chi connectivity index (χ0) is 16.9. The van der Waals surface area contributed by atoms with Crippen LogP contribution in [-0.4, -0.2) is 43.0 Å². The van der Waals surface area contributed by atoms with Crippen LogP contribution in [0, 0.1) is 10.1 Å². The van der Waals surface area contributed by atoms with Crippen LogP contribution >= 0.6 is 0 Å². The fraction of sp³-hybridized carbons (Fsp3) is 0.333. The summed E-state index contributed by atoms with van der Waals surface area (Å²) in [6.45, 7) is 4.30. The molecule has 0 bridgehead atoms. The van der Waals surface area contributed by atoms with E-state index in [-0.39, 0.29) is 10.6 Å². The number of non-ortho nitro benzene ring substituents is 1. The van der Waals surface area contributed by atoms with E-state index in [9.17, 15) is 10.1 Å². The van der Waals surface area contributed by atoms with E-state index in [1.807, 2.05) is 24.3 Å². The molecule has 0 radical (unpaired) electrons. The van der Waals surface area contributed by atoms with Gasteiger partial charge in [-0.25, -0.2) is 0 Å². The van der Waals surface area contributed by atoms with Crippen molar-refractivity contribution in [2.75, 3.05) is 38.1 Å². The number of nitro benzene ring substituents is 1. The predicted octanol–water partition coefficient (Wildman–Crippen LogP) is 2.93. The topological polar surface area (TPSA) is 58.8 Å². The Morgan fingerprint density at radius 1 is 1.08 bits per heavy atom. The van der Waals surface area contributed by atoms with Crippen LogP contribution < -0.4 is 9.64 Å². The molecule has 6 heteroatoms. The average molecular weight is 327 g/mol. The number of rotatable bonds is 5. The Hall–Kier alpha value is -2.60. The molecule has 0 aromatic heterocycles. The van der Waals surface area contributed by atoms with Crippen molar-refractivity contribution in [3.63, 3.8) is 0 Å². The van der Waals surface area contributed by atoms with E-state index in [0.717, 1.165) is 43.2 Å². The molecular formula is C18H21N3O3. The van der Waals surface area contributed by atoms with Crippen LogP contribution in [0.15, 0.2) is 48.5 Å². The fourth-order valence-corrected chi connectivity index (χ4v) is 2.81. The molecule has 1 aliphatic heterocycles. The number of ether oxygens (including phenoxy) is 1. The Balaban J connectivity index is 1.71. The number of hydrogen-bond acceptors (Lipinski definition) is 5. The molecule has 24 heavy (non-hydrogen) atoms. The van der Waals surface area contributed by atoms with Crippen molar-refractivity contribution in [3.8, 4) is 5.75 Å². The third-order valence-corrected chi connectivity index (χ3v) is 4.22. The molecule has 0 atom stereocenters. The molecule has 0 N–H and O–H groups in total. The number of nitrogens with zero attached hydrogens (tertiary/aromatic N) is 3. The van der Waals surface area contributed by atoms with Crippen molar-refractivity contribution in [2.45, 2.75) is 6.61 Å². The first-order chi connectivity index (χ1) is 11.6. The zero-order valence-corrected chi connectivity index (χ0v) is 13.7. The Morgan fingerprint density at radius 3 is 2.58 bits per heavy atom. The van der Waals surface area contributed by atoms with Crippen LogP contribution in [0.3, 0.4) is 0 Å². The predicted molar refractivity (Wildman–Crippen MR) is 93.6 cm³/mol. The van der Waals surface area contributed by atoms with E-state index in [1.54, 1.807) is 12.1 Å². The van der Waals surface area contributed by atoms with E-state index in [1.165, 1.54) is 6.07 Å². The molecular weight excluding hydrogens is 306 g/mol. The maximum Gasteiger partial charge on any atom is 0.269 e. The van der Waals surface area contributed by atoms with Gasteiger partial charge >= 0.3 is 0 Å². The van der Waals surface area contributed by atoms with Crippen molar-refractivity contribution < 1.29 is 9.66 Å². The molecule has 2 aromatic rings. The number of anilines is 1. The van der Waals surface area contributed by atoms with Gasteiger partial charge in [0.25, 0.3) is 5.69 Å². The SMILES string of the molecule is CN1CCN(c2ccccc2OCc2cccc([N+](=O)[O-])c2)CC1. The largest absolute Gasteiger partial charge is 0.487 e. The number of hydrogen-bond donors (Lipinski definition) is 0. The smallest absolute Gasteiger partial charge is 0.269 e. The van der Waals surface area contributed by atoms with Gasteiger partial charge in [-0.3, -0.25) is 10.1 Å². The maximum absolute atomic E-state index is 10.9. The number of piperazine rings is 1. The lowest BCUT2D eigenvalue weighted by Gasteiger charge is -2.34. The molecule has 126 valence electrons. The normalized spacial score (nSPS) is 15.3. The van der Waals surface area contributed by atoms with E-state index < -0.39 is 0 Å². The quantitative estimate of drug-likeness (QED) is 0.624. The van der Waals surface area contributed by atoms with Crippen molar-refractivity contribution >= 4 is 11.4 Å². The van der Waals surface area contributed by atoms with Gasteiger partial charge < -0.3 is 14.5 Å². The highest BCUT2D eigenvalue weighted by Crippen LogP contribution is 2.29. The molecule has 1 fully saturated rings. The molecule has 1 saturated heterocycles. The van der Waals surface area contributed by atoms with Crippen LogP contribution in [-0.2, 0) is 6.61 Å². The van der Waals surface area contributed by atoms with Crippen molar-refractivity contribution in [3.05, 3.63) is 64.2 Å². The number of benzene rings is 2. The Labute approximate surface area is 141 Å². The minimum absolute atomic E-state index is 0.0865. The standard InChI is InChI=1S/C18H21N3O3/c1-19-9-11-20(12-10-19)17-7-2-3-8-18(17)24-14-15-5-4-6-16(13-15)21(22)23/h2-8,13H,9-12,14H2,1H3. The average Bonchev–Trinajstić information content (AvgIpc) is 2.61. The summed E-state index contributed by atoms with van der Waals surface area (Å²) in [5, 5.41) is 10.9. The molecule has 2 aromatic carbocycles. The molecule has 0 amide bonds. The zero-order valence-electron chi connectivity index (χ0n) is 13.7. The fourth-order valence-electron chi connectivity index (χ4n) is 2.81. The minimum Gasteiger partial charge on any atom is -0.487 e. The van der Waals surface area contributed by atoms with Gasteiger partial charge in [-0.15, -0.1) is 0 Å². The van der Waals surface area contributed by atoms with Gasteiger partial charge in [-0.05, 0) is 24.7 Å². The van der Waals surface area contributed by atoms with Crippen molar-refractivity contribution in [2.24, 2.45) is 0 Å². The van der Waals surface area contributed by atoms with Crippen LogP contribution in [0.25, 0.3) is 0 Å². The summed E-state index contributed by atoms with van der Waals surface area (Å²) in [6.07, 6.45) is 0. The lowest BCUT2D eigenvalue weighted by Crippen LogP contribution is -2.44. The van der Waals surface area contributed by atoms with Crippen molar-refractivity contribution in [1.82, 2.24) is 4.90 Å². The Morgan fingerprint density at radius 2 is 1.83 bits per heavy atom. The first-order valence-corrected chi connectivity index (χ1v) is 8.02. The summed E-state index contributed by atoms with van der Waals surface area (Å²) >= 11 is 0. The highest BCUT2D eigenvalue weighted by atomic mass is 16.6. The second kappa shape index (κ2) is 7.31. The van der Waals surface area contributed by atoms with E-state index in [2.05, 4.69) is 22.9 Å². The summed E-state index contributed by atoms with van der Waals surface area (Å²) in [4.78, 5) is 15.1. The van der Waals surface area contributed by atoms with E-state index in [0.29, 0.717) is 6.61 Å². The molecule has 6 nitrogen and oxygen atoms in total. The molecule has 1 heterocycles. The number of nitro groups is 1. The van der Waals surface area contributed by atoms with E-state index in [4.69, 9.17) is 4.74 Å². The van der Waals surface area contributed by atoms with E-state index >= 15 is 0 Å². The second-order valence-corrected chi connectivity index (χ2v) is 5.97. The molecule has 0 spiro atoms. The lowest BCUT2D eigenvalue weighted by molar-refractivity contribution is -0.384. The van der Waals surface area contributed by atoms with Gasteiger partial charge in [0.05, 0.1) is 10.6 Å². The van der Waals surface area contributed by atoms with Crippen LogP contribution in [0.2, 0.25) is 0 Å². The third kappa shape index (κ3) is 3.83. The van der Waals surface area contributed by atoms with Crippen LogP contribution in [0.4, 0.5) is 11.4 Å². The molecule has 0 aliphatic carbocycles. The number of likely N-dealkylation sites (N-methyl/N-ethyl adjacent to an activating group) is 1. The third-order valence-electron chi connectivity index (χ3n) is 4.22. The molecule has 0 saturated carbocycles. The van der Waals surface area contributed by atoms with Gasteiger partial charge in [0.2, 0.25) is 0 Å². The first-order valence-electron chi connectivity index (χ1n) is 8.02. The van der Waals surface area contributed by atoms with Gasteiger partial charge in [-0.2, -0.15) is 0 Å². The van der Waals surface area contributed by atoms with Crippen LogP contribution in [0.1, 0.15) is 5.56 Å². The highest BCUT2D eigenvalue weighted by Gasteiger charge is 2.17. The van der Waals surface area contributed by atoms with Crippen molar-refractivity contribution in [1.29, 1.82) is 0 Å². The van der Waals surface area contributed by atoms with Gasteiger partial charge in [0, 0.05) is 38.3 Å². The Kier molecular flexibility index (Phi) is 4.96. The van der Waals surface area contributed by atoms with Gasteiger partial charge in [0.1, 0.15) is 12.4 Å². The maximum atomic E-state index is 10.9. The number of para-hydroxylation sites is 2. The molecule has 3 rings (SSSR count). The Bertz CT molecular complexity index is 712. The van der Waals surface area contributed by atoms with Gasteiger partial charge in [0.15, 0.2) is 0 Å². The highest BCUT2D eigenvalue weighted by molar-refractivity contribution is 5.58. The minimum atomic E-state index is -0.387. The summed E-state index contributed by atoms with van der Waals surface area (Å²) in [5.74, 6) is 0.813. The summed E-state index contributed by atoms with van der Waals surface area (Å²) in [6, 6.07) is 14.5. The summed E-state index contributed by atoms with van der Waals surface area (Å²) in [7, 11) is 2.13.